The highest BCUT2D eigenvalue weighted by molar-refractivity contribution is 9.10. The van der Waals surface area contributed by atoms with Gasteiger partial charge in [-0.05, 0) is 23.8 Å². The van der Waals surface area contributed by atoms with E-state index in [1.807, 2.05) is 30.3 Å². The Kier molecular flexibility index (Phi) is 4.39. The predicted octanol–water partition coefficient (Wildman–Crippen LogP) is 2.92. The van der Waals surface area contributed by atoms with Crippen LogP contribution in [0.1, 0.15) is 11.6 Å². The van der Waals surface area contributed by atoms with Crippen LogP contribution < -0.4 is 5.73 Å². The first-order valence-corrected chi connectivity index (χ1v) is 8.22. The van der Waals surface area contributed by atoms with Crippen molar-refractivity contribution in [1.29, 1.82) is 0 Å². The Morgan fingerprint density at radius 2 is 1.74 bits per heavy atom. The van der Waals surface area contributed by atoms with Crippen LogP contribution in [0.15, 0.2) is 64.0 Å². The summed E-state index contributed by atoms with van der Waals surface area (Å²) in [4.78, 5) is 0.285. The van der Waals surface area contributed by atoms with E-state index in [1.54, 1.807) is 24.3 Å². The van der Waals surface area contributed by atoms with Crippen LogP contribution in [-0.2, 0) is 9.84 Å². The van der Waals surface area contributed by atoms with Gasteiger partial charge in [0, 0.05) is 10.5 Å². The fourth-order valence-corrected chi connectivity index (χ4v) is 3.79. The lowest BCUT2D eigenvalue weighted by molar-refractivity contribution is 0.589. The van der Waals surface area contributed by atoms with Gasteiger partial charge >= 0.3 is 0 Å². The zero-order chi connectivity index (χ0) is 13.9. The molecule has 0 aliphatic heterocycles. The normalized spacial score (nSPS) is 13.2. The van der Waals surface area contributed by atoms with Crippen LogP contribution >= 0.6 is 15.9 Å². The highest BCUT2D eigenvalue weighted by atomic mass is 79.9. The van der Waals surface area contributed by atoms with Crippen molar-refractivity contribution in [1.82, 2.24) is 0 Å². The van der Waals surface area contributed by atoms with Crippen molar-refractivity contribution in [2.45, 2.75) is 10.9 Å². The minimum absolute atomic E-state index is 0.104. The molecule has 0 radical (unpaired) electrons. The van der Waals surface area contributed by atoms with Gasteiger partial charge in [-0.15, -0.1) is 0 Å². The number of hydrogen-bond acceptors (Lipinski definition) is 3. The lowest BCUT2D eigenvalue weighted by Crippen LogP contribution is -2.21. The molecule has 3 nitrogen and oxygen atoms in total. The van der Waals surface area contributed by atoms with Crippen molar-refractivity contribution in [3.63, 3.8) is 0 Å². The molecule has 0 fully saturated rings. The second-order valence-electron chi connectivity index (χ2n) is 4.26. The zero-order valence-electron chi connectivity index (χ0n) is 10.2. The van der Waals surface area contributed by atoms with Gasteiger partial charge in [-0.2, -0.15) is 0 Å². The first-order valence-electron chi connectivity index (χ1n) is 5.78. The van der Waals surface area contributed by atoms with Crippen LogP contribution in [0, 0.1) is 0 Å². The van der Waals surface area contributed by atoms with Gasteiger partial charge in [0.2, 0.25) is 0 Å². The number of sulfone groups is 1. The summed E-state index contributed by atoms with van der Waals surface area (Å²) < 4.78 is 25.3. The number of halogens is 1. The Morgan fingerprint density at radius 1 is 1.05 bits per heavy atom. The fraction of sp³-hybridized carbons (Fsp3) is 0.143. The summed E-state index contributed by atoms with van der Waals surface area (Å²) in [6, 6.07) is 15.4. The van der Waals surface area contributed by atoms with E-state index in [9.17, 15) is 8.42 Å². The quantitative estimate of drug-likeness (QED) is 0.931. The third-order valence-electron chi connectivity index (χ3n) is 2.78. The summed E-state index contributed by atoms with van der Waals surface area (Å²) in [5.74, 6) is -0.104. The Morgan fingerprint density at radius 3 is 2.37 bits per heavy atom. The monoisotopic (exact) mass is 339 g/mol. The molecule has 0 aromatic heterocycles. The third kappa shape index (κ3) is 3.65. The third-order valence-corrected chi connectivity index (χ3v) is 5.05. The Hall–Kier alpha value is -1.17. The second kappa shape index (κ2) is 5.86. The first-order chi connectivity index (χ1) is 8.99. The summed E-state index contributed by atoms with van der Waals surface area (Å²) in [5.41, 5.74) is 6.79. The van der Waals surface area contributed by atoms with E-state index in [0.717, 1.165) is 10.0 Å². The number of nitrogens with two attached hydrogens (primary N) is 1. The van der Waals surface area contributed by atoms with E-state index in [1.165, 1.54) is 0 Å². The van der Waals surface area contributed by atoms with Crippen molar-refractivity contribution >= 4 is 25.8 Å². The summed E-state index contributed by atoms with van der Waals surface area (Å²) in [6.07, 6.45) is 0. The van der Waals surface area contributed by atoms with Crippen molar-refractivity contribution in [3.05, 3.63) is 64.6 Å². The summed E-state index contributed by atoms with van der Waals surface area (Å²) in [6.45, 7) is 0. The van der Waals surface area contributed by atoms with Gasteiger partial charge in [-0.1, -0.05) is 52.3 Å². The lowest BCUT2D eigenvalue weighted by Gasteiger charge is -2.12. The van der Waals surface area contributed by atoms with Crippen LogP contribution in [0.2, 0.25) is 0 Å². The molecule has 2 aromatic carbocycles. The van der Waals surface area contributed by atoms with E-state index < -0.39 is 15.9 Å². The van der Waals surface area contributed by atoms with Crippen LogP contribution in [0.4, 0.5) is 0 Å². The highest BCUT2D eigenvalue weighted by Crippen LogP contribution is 2.21. The molecule has 0 saturated carbocycles. The number of hydrogen-bond donors (Lipinski definition) is 1. The molecule has 2 aromatic rings. The van der Waals surface area contributed by atoms with Crippen LogP contribution in [-0.4, -0.2) is 14.2 Å². The van der Waals surface area contributed by atoms with Gasteiger partial charge in [0.05, 0.1) is 10.6 Å². The molecule has 5 heteroatoms. The average molecular weight is 340 g/mol. The molecule has 0 spiro atoms. The maximum Gasteiger partial charge on any atom is 0.180 e. The van der Waals surface area contributed by atoms with Crippen molar-refractivity contribution < 1.29 is 8.42 Å². The molecule has 0 heterocycles. The van der Waals surface area contributed by atoms with Crippen LogP contribution in [0.5, 0.6) is 0 Å². The van der Waals surface area contributed by atoms with Gasteiger partial charge in [-0.25, -0.2) is 8.42 Å². The molecule has 1 atom stereocenters. The molecular weight excluding hydrogens is 326 g/mol. The van der Waals surface area contributed by atoms with Crippen LogP contribution in [0.3, 0.4) is 0 Å². The minimum Gasteiger partial charge on any atom is -0.323 e. The van der Waals surface area contributed by atoms with Crippen molar-refractivity contribution in [2.24, 2.45) is 5.73 Å². The highest BCUT2D eigenvalue weighted by Gasteiger charge is 2.19. The standard InChI is InChI=1S/C14H14BrNO2S/c15-12-7-4-8-13(9-12)19(17,18)10-14(16)11-5-2-1-3-6-11/h1-9,14H,10,16H2. The molecule has 1 unspecified atom stereocenters. The number of rotatable bonds is 4. The second-order valence-corrected chi connectivity index (χ2v) is 7.21. The van der Waals surface area contributed by atoms with E-state index in [0.29, 0.717) is 0 Å². The largest absolute Gasteiger partial charge is 0.323 e. The molecule has 100 valence electrons. The van der Waals surface area contributed by atoms with E-state index in [-0.39, 0.29) is 10.6 Å². The maximum absolute atomic E-state index is 12.3. The predicted molar refractivity (Wildman–Crippen MR) is 79.6 cm³/mol. The van der Waals surface area contributed by atoms with E-state index in [2.05, 4.69) is 15.9 Å². The van der Waals surface area contributed by atoms with Gasteiger partial charge < -0.3 is 5.73 Å². The molecule has 2 rings (SSSR count). The molecular formula is C14H14BrNO2S. The lowest BCUT2D eigenvalue weighted by atomic mass is 10.1. The van der Waals surface area contributed by atoms with Gasteiger partial charge in [0.15, 0.2) is 9.84 Å². The molecule has 0 bridgehead atoms. The molecule has 0 saturated heterocycles. The number of benzene rings is 2. The van der Waals surface area contributed by atoms with Crippen LogP contribution in [0.25, 0.3) is 0 Å². The summed E-state index contributed by atoms with van der Waals surface area (Å²) in [7, 11) is -3.39. The Balaban J connectivity index is 2.23. The maximum atomic E-state index is 12.3. The Labute approximate surface area is 121 Å². The molecule has 0 amide bonds. The minimum atomic E-state index is -3.39. The van der Waals surface area contributed by atoms with E-state index in [4.69, 9.17) is 5.73 Å². The summed E-state index contributed by atoms with van der Waals surface area (Å²) in [5, 5.41) is 0. The smallest absolute Gasteiger partial charge is 0.180 e. The first kappa shape index (κ1) is 14.2. The van der Waals surface area contributed by atoms with Gasteiger partial charge in [0.1, 0.15) is 0 Å². The molecule has 2 N–H and O–H groups in total. The topological polar surface area (TPSA) is 60.2 Å². The average Bonchev–Trinajstić information content (AvgIpc) is 2.39. The zero-order valence-corrected chi connectivity index (χ0v) is 12.6. The molecule has 19 heavy (non-hydrogen) atoms. The van der Waals surface area contributed by atoms with Crippen molar-refractivity contribution in [2.75, 3.05) is 5.75 Å². The van der Waals surface area contributed by atoms with Crippen molar-refractivity contribution in [3.8, 4) is 0 Å². The summed E-state index contributed by atoms with van der Waals surface area (Å²) >= 11 is 3.27. The Bertz CT molecular complexity index is 656. The molecule has 0 aliphatic rings. The fourth-order valence-electron chi connectivity index (χ4n) is 1.79. The van der Waals surface area contributed by atoms with Gasteiger partial charge in [-0.3, -0.25) is 0 Å². The van der Waals surface area contributed by atoms with Gasteiger partial charge in [0.25, 0.3) is 0 Å². The SMILES string of the molecule is NC(CS(=O)(=O)c1cccc(Br)c1)c1ccccc1. The molecule has 0 aliphatic carbocycles. The van der Waals surface area contributed by atoms with E-state index >= 15 is 0 Å².